The maximum atomic E-state index is 13.0. The third-order valence-electron chi connectivity index (χ3n) is 5.78. The summed E-state index contributed by atoms with van der Waals surface area (Å²) < 4.78 is 7.31. The van der Waals surface area contributed by atoms with Crippen LogP contribution in [0.4, 0.5) is 0 Å². The third-order valence-corrected chi connectivity index (χ3v) is 5.78. The van der Waals surface area contributed by atoms with Gasteiger partial charge in [-0.3, -0.25) is 9.69 Å². The number of carbonyl (C=O) groups is 1. The largest absolute Gasteiger partial charge is 0.379 e. The van der Waals surface area contributed by atoms with Crippen molar-refractivity contribution in [2.75, 3.05) is 26.3 Å². The number of aromatic nitrogens is 2. The first-order chi connectivity index (χ1) is 15.2. The quantitative estimate of drug-likeness (QED) is 0.638. The minimum atomic E-state index is -0.0867. The molecule has 0 saturated carbocycles. The Hall–Kier alpha value is -2.96. The fourth-order valence-corrected chi connectivity index (χ4v) is 3.97. The van der Waals surface area contributed by atoms with Gasteiger partial charge in [-0.1, -0.05) is 48.9 Å². The normalized spacial score (nSPS) is 14.5. The molecular weight excluding hydrogens is 388 g/mol. The van der Waals surface area contributed by atoms with Crippen LogP contribution in [-0.2, 0) is 24.2 Å². The van der Waals surface area contributed by atoms with Gasteiger partial charge in [0.15, 0.2) is 0 Å². The number of morpholine rings is 1. The van der Waals surface area contributed by atoms with Gasteiger partial charge in [0.25, 0.3) is 5.91 Å². The molecule has 6 nitrogen and oxygen atoms in total. The fourth-order valence-electron chi connectivity index (χ4n) is 3.97. The molecule has 31 heavy (non-hydrogen) atoms. The number of benzene rings is 2. The van der Waals surface area contributed by atoms with Crippen LogP contribution in [0.3, 0.4) is 0 Å². The van der Waals surface area contributed by atoms with Gasteiger partial charge in [-0.25, -0.2) is 4.68 Å². The lowest BCUT2D eigenvalue weighted by molar-refractivity contribution is 0.0340. The average Bonchev–Trinajstić information content (AvgIpc) is 3.24. The Morgan fingerprint density at radius 3 is 2.48 bits per heavy atom. The summed E-state index contributed by atoms with van der Waals surface area (Å²) in [5, 5.41) is 7.60. The smallest absolute Gasteiger partial charge is 0.255 e. The Kier molecular flexibility index (Phi) is 6.79. The van der Waals surface area contributed by atoms with Crippen LogP contribution < -0.4 is 5.32 Å². The Labute approximate surface area is 183 Å². The van der Waals surface area contributed by atoms with Crippen LogP contribution in [0, 0.1) is 6.92 Å². The van der Waals surface area contributed by atoms with Gasteiger partial charge < -0.3 is 10.1 Å². The summed E-state index contributed by atoms with van der Waals surface area (Å²) in [6.45, 7) is 8.93. The predicted octanol–water partition coefficient (Wildman–Crippen LogP) is 3.51. The van der Waals surface area contributed by atoms with E-state index in [0.29, 0.717) is 12.1 Å². The summed E-state index contributed by atoms with van der Waals surface area (Å²) in [5.74, 6) is -0.0867. The molecule has 0 radical (unpaired) electrons. The first-order valence-electron chi connectivity index (χ1n) is 10.9. The summed E-state index contributed by atoms with van der Waals surface area (Å²) in [5.41, 5.74) is 6.11. The molecule has 3 aromatic rings. The monoisotopic (exact) mass is 418 g/mol. The maximum Gasteiger partial charge on any atom is 0.255 e. The van der Waals surface area contributed by atoms with E-state index >= 15 is 0 Å². The van der Waals surface area contributed by atoms with Crippen LogP contribution in [-0.4, -0.2) is 46.9 Å². The van der Waals surface area contributed by atoms with Gasteiger partial charge in [0.2, 0.25) is 0 Å². The van der Waals surface area contributed by atoms with Crippen LogP contribution in [0.15, 0.2) is 54.7 Å². The molecule has 0 atom stereocenters. The Morgan fingerprint density at radius 1 is 1.06 bits per heavy atom. The van der Waals surface area contributed by atoms with Crippen LogP contribution in [0.1, 0.15) is 39.7 Å². The molecule has 0 unspecified atom stereocenters. The lowest BCUT2D eigenvalue weighted by Gasteiger charge is -2.27. The molecule has 0 aliphatic carbocycles. The lowest BCUT2D eigenvalue weighted by atomic mass is 10.1. The van der Waals surface area contributed by atoms with Crippen molar-refractivity contribution in [1.29, 1.82) is 0 Å². The van der Waals surface area contributed by atoms with Crippen LogP contribution in [0.25, 0.3) is 5.69 Å². The summed E-state index contributed by atoms with van der Waals surface area (Å²) in [4.78, 5) is 15.4. The van der Waals surface area contributed by atoms with Crippen molar-refractivity contribution in [3.8, 4) is 5.69 Å². The van der Waals surface area contributed by atoms with E-state index in [0.717, 1.165) is 56.2 Å². The van der Waals surface area contributed by atoms with E-state index in [1.807, 2.05) is 22.9 Å². The van der Waals surface area contributed by atoms with Crippen molar-refractivity contribution in [2.45, 2.75) is 33.4 Å². The number of carbonyl (C=O) groups excluding carboxylic acids is 1. The van der Waals surface area contributed by atoms with E-state index in [1.54, 1.807) is 6.20 Å². The molecule has 1 aliphatic rings. The van der Waals surface area contributed by atoms with E-state index in [2.05, 4.69) is 59.5 Å². The van der Waals surface area contributed by atoms with Crippen LogP contribution in [0.2, 0.25) is 0 Å². The highest BCUT2D eigenvalue weighted by Crippen LogP contribution is 2.18. The molecule has 1 N–H and O–H groups in total. The average molecular weight is 419 g/mol. The van der Waals surface area contributed by atoms with E-state index < -0.39 is 0 Å². The molecule has 1 aliphatic heterocycles. The van der Waals surface area contributed by atoms with E-state index in [9.17, 15) is 4.79 Å². The van der Waals surface area contributed by atoms with Crippen molar-refractivity contribution in [3.05, 3.63) is 82.7 Å². The molecule has 6 heteroatoms. The van der Waals surface area contributed by atoms with Crippen molar-refractivity contribution in [1.82, 2.24) is 20.0 Å². The Bertz CT molecular complexity index is 1020. The molecule has 2 aromatic carbocycles. The summed E-state index contributed by atoms with van der Waals surface area (Å²) in [6.07, 6.45) is 2.40. The van der Waals surface area contributed by atoms with E-state index in [1.165, 1.54) is 11.1 Å². The fraction of sp³-hybridized carbons (Fsp3) is 0.360. The van der Waals surface area contributed by atoms with Gasteiger partial charge in [-0.2, -0.15) is 5.10 Å². The van der Waals surface area contributed by atoms with Crippen LogP contribution >= 0.6 is 0 Å². The number of amides is 1. The maximum absolute atomic E-state index is 13.0. The van der Waals surface area contributed by atoms with E-state index in [4.69, 9.17) is 4.74 Å². The lowest BCUT2D eigenvalue weighted by Crippen LogP contribution is -2.36. The van der Waals surface area contributed by atoms with Gasteiger partial charge in [-0.05, 0) is 36.6 Å². The predicted molar refractivity (Wildman–Crippen MR) is 121 cm³/mol. The zero-order valence-electron chi connectivity index (χ0n) is 18.3. The number of aryl methyl sites for hydroxylation is 1. The number of hydrogen-bond acceptors (Lipinski definition) is 4. The van der Waals surface area contributed by atoms with E-state index in [-0.39, 0.29) is 5.91 Å². The topological polar surface area (TPSA) is 59.4 Å². The number of ether oxygens (including phenoxy) is 1. The van der Waals surface area contributed by atoms with Gasteiger partial charge in [0.05, 0.1) is 36.4 Å². The Morgan fingerprint density at radius 2 is 1.77 bits per heavy atom. The van der Waals surface area contributed by atoms with Crippen molar-refractivity contribution in [3.63, 3.8) is 0 Å². The number of nitrogens with one attached hydrogen (secondary N) is 1. The molecule has 1 fully saturated rings. The third kappa shape index (κ3) is 5.03. The van der Waals surface area contributed by atoms with Crippen LogP contribution in [0.5, 0.6) is 0 Å². The zero-order valence-corrected chi connectivity index (χ0v) is 18.3. The van der Waals surface area contributed by atoms with Gasteiger partial charge in [0.1, 0.15) is 0 Å². The van der Waals surface area contributed by atoms with Crippen molar-refractivity contribution in [2.24, 2.45) is 0 Å². The molecule has 2 heterocycles. The van der Waals surface area contributed by atoms with Gasteiger partial charge in [-0.15, -0.1) is 0 Å². The van der Waals surface area contributed by atoms with Gasteiger partial charge >= 0.3 is 0 Å². The molecule has 0 spiro atoms. The molecule has 1 saturated heterocycles. The Balaban J connectivity index is 1.46. The minimum absolute atomic E-state index is 0.0867. The minimum Gasteiger partial charge on any atom is -0.379 e. The molecule has 0 bridgehead atoms. The highest BCUT2D eigenvalue weighted by molar-refractivity contribution is 5.95. The molecule has 4 rings (SSSR count). The van der Waals surface area contributed by atoms with Crippen molar-refractivity contribution >= 4 is 5.91 Å². The first-order valence-corrected chi connectivity index (χ1v) is 10.9. The number of rotatable bonds is 7. The number of nitrogens with zero attached hydrogens (tertiary/aromatic N) is 3. The summed E-state index contributed by atoms with van der Waals surface area (Å²) in [6, 6.07) is 16.5. The highest BCUT2D eigenvalue weighted by Gasteiger charge is 2.18. The molecule has 1 aromatic heterocycles. The highest BCUT2D eigenvalue weighted by atomic mass is 16.5. The summed E-state index contributed by atoms with van der Waals surface area (Å²) in [7, 11) is 0. The molecule has 162 valence electrons. The second-order valence-corrected chi connectivity index (χ2v) is 7.95. The van der Waals surface area contributed by atoms with Gasteiger partial charge in [0, 0.05) is 26.2 Å². The standard InChI is InChI=1S/C25H30N4O2/c1-3-24-23(17-27-29(24)22-10-8-19(2)9-11-22)25(30)26-16-20-6-4-5-7-21(20)18-28-12-14-31-15-13-28/h4-11,17H,3,12-16,18H2,1-2H3,(H,26,30). The first kappa shape index (κ1) is 21.3. The SMILES string of the molecule is CCc1c(C(=O)NCc2ccccc2CN2CCOCC2)cnn1-c1ccc(C)cc1. The second kappa shape index (κ2) is 9.90. The zero-order chi connectivity index (χ0) is 21.6. The molecular formula is C25H30N4O2. The second-order valence-electron chi connectivity index (χ2n) is 7.95. The van der Waals surface area contributed by atoms with Crippen molar-refractivity contribution < 1.29 is 9.53 Å². The summed E-state index contributed by atoms with van der Waals surface area (Å²) >= 11 is 0. The molecule has 1 amide bonds. The number of hydrogen-bond donors (Lipinski definition) is 1.